The fourth-order valence-corrected chi connectivity index (χ4v) is 3.21. The Kier molecular flexibility index (Phi) is 5.45. The van der Waals surface area contributed by atoms with Crippen molar-refractivity contribution in [1.82, 2.24) is 10.6 Å². The van der Waals surface area contributed by atoms with Crippen LogP contribution < -0.4 is 20.1 Å². The molecule has 1 amide bonds. The average Bonchev–Trinajstić information content (AvgIpc) is 2.70. The summed E-state index contributed by atoms with van der Waals surface area (Å²) in [5, 5.41) is 6.19. The molecular formula is C16H22N2O3S. The van der Waals surface area contributed by atoms with Crippen LogP contribution in [0.4, 0.5) is 0 Å². The Bertz CT molecular complexity index is 520. The highest BCUT2D eigenvalue weighted by Gasteiger charge is 2.17. The molecule has 0 saturated carbocycles. The highest BCUT2D eigenvalue weighted by molar-refractivity contribution is 7.99. The second-order valence-electron chi connectivity index (χ2n) is 5.59. The molecule has 0 unspecified atom stereocenters. The molecule has 0 radical (unpaired) electrons. The van der Waals surface area contributed by atoms with Crippen LogP contribution in [0, 0.1) is 5.92 Å². The molecule has 120 valence electrons. The Morgan fingerprint density at radius 1 is 1.27 bits per heavy atom. The minimum absolute atomic E-state index is 0.133. The molecule has 0 aromatic heterocycles. The number of nitrogens with one attached hydrogen (secondary N) is 2. The van der Waals surface area contributed by atoms with E-state index in [9.17, 15) is 4.79 Å². The maximum Gasteiger partial charge on any atom is 0.220 e. The number of benzene rings is 1. The van der Waals surface area contributed by atoms with E-state index in [4.69, 9.17) is 9.47 Å². The Morgan fingerprint density at radius 2 is 2.09 bits per heavy atom. The summed E-state index contributed by atoms with van der Waals surface area (Å²) < 4.78 is 11.3. The van der Waals surface area contributed by atoms with Gasteiger partial charge in [-0.15, -0.1) is 11.8 Å². The maximum atomic E-state index is 11.8. The minimum Gasteiger partial charge on any atom is -0.490 e. The van der Waals surface area contributed by atoms with E-state index in [0.29, 0.717) is 25.6 Å². The molecule has 3 rings (SSSR count). The molecule has 0 spiro atoms. The van der Waals surface area contributed by atoms with Crippen LogP contribution in [0.1, 0.15) is 12.8 Å². The second kappa shape index (κ2) is 7.74. The number of ether oxygens (including phenoxy) is 2. The predicted octanol–water partition coefficient (Wildman–Crippen LogP) is 1.67. The van der Waals surface area contributed by atoms with Crippen LogP contribution in [-0.4, -0.2) is 44.5 Å². The highest BCUT2D eigenvalue weighted by Crippen LogP contribution is 2.33. The summed E-state index contributed by atoms with van der Waals surface area (Å²) in [4.78, 5) is 12.9. The van der Waals surface area contributed by atoms with E-state index in [1.165, 1.54) is 0 Å². The number of carbonyl (C=O) groups excluding carboxylic acids is 1. The van der Waals surface area contributed by atoms with E-state index in [-0.39, 0.29) is 5.91 Å². The summed E-state index contributed by atoms with van der Waals surface area (Å²) in [6, 6.07) is 5.98. The van der Waals surface area contributed by atoms with E-state index >= 15 is 0 Å². The topological polar surface area (TPSA) is 59.6 Å². The number of thioether (sulfide) groups is 1. The van der Waals surface area contributed by atoms with Crippen LogP contribution in [0.2, 0.25) is 0 Å². The van der Waals surface area contributed by atoms with Gasteiger partial charge >= 0.3 is 0 Å². The first-order valence-electron chi connectivity index (χ1n) is 7.81. The van der Waals surface area contributed by atoms with Gasteiger partial charge in [0.05, 0.1) is 13.2 Å². The Morgan fingerprint density at radius 3 is 2.86 bits per heavy atom. The van der Waals surface area contributed by atoms with E-state index in [0.717, 1.165) is 48.2 Å². The lowest BCUT2D eigenvalue weighted by molar-refractivity contribution is -0.120. The fraction of sp³-hybridized carbons (Fsp3) is 0.562. The third kappa shape index (κ3) is 4.30. The van der Waals surface area contributed by atoms with E-state index in [1.54, 1.807) is 11.8 Å². The average molecular weight is 322 g/mol. The van der Waals surface area contributed by atoms with Gasteiger partial charge in [-0.2, -0.15) is 0 Å². The van der Waals surface area contributed by atoms with Crippen molar-refractivity contribution >= 4 is 17.7 Å². The predicted molar refractivity (Wildman–Crippen MR) is 86.8 cm³/mol. The van der Waals surface area contributed by atoms with Gasteiger partial charge in [-0.3, -0.25) is 4.79 Å². The van der Waals surface area contributed by atoms with Crippen molar-refractivity contribution in [3.05, 3.63) is 18.2 Å². The van der Waals surface area contributed by atoms with Crippen LogP contribution in [-0.2, 0) is 4.79 Å². The van der Waals surface area contributed by atoms with E-state index in [1.807, 2.05) is 18.2 Å². The molecule has 22 heavy (non-hydrogen) atoms. The van der Waals surface area contributed by atoms with Crippen LogP contribution in [0.25, 0.3) is 0 Å². The number of fused-ring (bicyclic) bond motifs is 1. The smallest absolute Gasteiger partial charge is 0.220 e. The van der Waals surface area contributed by atoms with Crippen molar-refractivity contribution in [2.75, 3.05) is 38.6 Å². The van der Waals surface area contributed by atoms with E-state index in [2.05, 4.69) is 10.6 Å². The first kappa shape index (κ1) is 15.5. The van der Waals surface area contributed by atoms with E-state index < -0.39 is 0 Å². The van der Waals surface area contributed by atoms with Gasteiger partial charge in [0.25, 0.3) is 0 Å². The molecule has 1 aromatic carbocycles. The van der Waals surface area contributed by atoms with Crippen molar-refractivity contribution in [2.45, 2.75) is 17.7 Å². The molecule has 5 nitrogen and oxygen atoms in total. The molecule has 0 bridgehead atoms. The number of hydrogen-bond acceptors (Lipinski definition) is 5. The zero-order valence-electron chi connectivity index (χ0n) is 12.6. The molecule has 1 aromatic rings. The summed E-state index contributed by atoms with van der Waals surface area (Å²) in [5.74, 6) is 3.14. The van der Waals surface area contributed by atoms with Crippen molar-refractivity contribution in [3.63, 3.8) is 0 Å². The monoisotopic (exact) mass is 322 g/mol. The summed E-state index contributed by atoms with van der Waals surface area (Å²) in [6.45, 7) is 4.23. The first-order chi connectivity index (χ1) is 10.8. The first-order valence-corrected chi connectivity index (χ1v) is 8.80. The zero-order valence-corrected chi connectivity index (χ0v) is 13.4. The van der Waals surface area contributed by atoms with Gasteiger partial charge < -0.3 is 20.1 Å². The van der Waals surface area contributed by atoms with Gasteiger partial charge in [0.1, 0.15) is 0 Å². The van der Waals surface area contributed by atoms with Gasteiger partial charge in [0.2, 0.25) is 5.91 Å². The number of amides is 1. The van der Waals surface area contributed by atoms with Gasteiger partial charge in [0.15, 0.2) is 11.5 Å². The maximum absolute atomic E-state index is 11.8. The van der Waals surface area contributed by atoms with Gasteiger partial charge in [-0.25, -0.2) is 0 Å². The van der Waals surface area contributed by atoms with Crippen molar-refractivity contribution in [2.24, 2.45) is 5.92 Å². The number of carbonyl (C=O) groups is 1. The Balaban J connectivity index is 1.41. The van der Waals surface area contributed by atoms with Crippen LogP contribution >= 0.6 is 11.8 Å². The van der Waals surface area contributed by atoms with Crippen LogP contribution in [0.15, 0.2) is 23.1 Å². The zero-order chi connectivity index (χ0) is 15.2. The summed E-state index contributed by atoms with van der Waals surface area (Å²) >= 11 is 1.67. The molecule has 2 aliphatic rings. The summed E-state index contributed by atoms with van der Waals surface area (Å²) in [7, 11) is 0. The molecule has 1 saturated heterocycles. The largest absolute Gasteiger partial charge is 0.490 e. The molecule has 2 heterocycles. The summed E-state index contributed by atoms with van der Waals surface area (Å²) in [6.07, 6.45) is 1.45. The third-order valence-corrected chi connectivity index (χ3v) is 4.77. The minimum atomic E-state index is 0.133. The molecule has 2 N–H and O–H groups in total. The lowest BCUT2D eigenvalue weighted by atomic mass is 10.0. The molecule has 6 heteroatoms. The van der Waals surface area contributed by atoms with Gasteiger partial charge in [-0.05, 0) is 18.2 Å². The molecule has 2 aliphatic heterocycles. The summed E-state index contributed by atoms with van der Waals surface area (Å²) in [5.41, 5.74) is 0. The number of rotatable bonds is 6. The molecule has 0 atom stereocenters. The molecule has 0 aliphatic carbocycles. The lowest BCUT2D eigenvalue weighted by Gasteiger charge is -2.27. The van der Waals surface area contributed by atoms with Gasteiger partial charge in [-0.1, -0.05) is 0 Å². The van der Waals surface area contributed by atoms with Crippen molar-refractivity contribution in [1.29, 1.82) is 0 Å². The second-order valence-corrected chi connectivity index (χ2v) is 6.75. The molecular weight excluding hydrogens is 300 g/mol. The van der Waals surface area contributed by atoms with Gasteiger partial charge in [0, 0.05) is 49.0 Å². The molecule has 1 fully saturated rings. The van der Waals surface area contributed by atoms with Crippen LogP contribution in [0.3, 0.4) is 0 Å². The van der Waals surface area contributed by atoms with Crippen molar-refractivity contribution in [3.8, 4) is 11.5 Å². The Labute approximate surface area is 135 Å². The van der Waals surface area contributed by atoms with Crippen LogP contribution in [0.5, 0.6) is 11.5 Å². The van der Waals surface area contributed by atoms with Crippen molar-refractivity contribution < 1.29 is 14.3 Å². The quantitative estimate of drug-likeness (QED) is 0.780. The fourth-order valence-electron chi connectivity index (χ4n) is 2.33. The number of hydrogen-bond donors (Lipinski definition) is 2. The standard InChI is InChI=1S/C16H22N2O3S/c19-16(18-11-12-9-17-10-12)4-7-22-13-2-3-14-15(8-13)21-6-1-5-20-14/h2-3,8,12,17H,1,4-7,9-11H2,(H,18,19). The lowest BCUT2D eigenvalue weighted by Crippen LogP contribution is -2.48. The third-order valence-electron chi connectivity index (χ3n) is 3.77. The normalized spacial score (nSPS) is 17.5. The highest BCUT2D eigenvalue weighted by atomic mass is 32.2. The Hall–Kier alpha value is -1.40. The SMILES string of the molecule is O=C(CCSc1ccc2c(c1)OCCCO2)NCC1CNC1.